The van der Waals surface area contributed by atoms with E-state index in [9.17, 15) is 0 Å². The van der Waals surface area contributed by atoms with Crippen LogP contribution in [0.2, 0.25) is 5.82 Å². The molecule has 0 bridgehead atoms. The minimum atomic E-state index is 0.415. The third-order valence-electron chi connectivity index (χ3n) is 0.652. The molecule has 5 heteroatoms. The highest BCUT2D eigenvalue weighted by Gasteiger charge is 1.95. The summed E-state index contributed by atoms with van der Waals surface area (Å²) in [5.41, 5.74) is 0. The molecule has 0 heterocycles. The first-order chi connectivity index (χ1) is 3.77. The van der Waals surface area contributed by atoms with E-state index in [0.29, 0.717) is 13.5 Å². The van der Waals surface area contributed by atoms with Crippen LogP contribution in [0.15, 0.2) is 0 Å². The minimum absolute atomic E-state index is 0.415. The molecule has 2 nitrogen and oxygen atoms in total. The monoisotopic (exact) mass is 112 g/mol. The van der Waals surface area contributed by atoms with Crippen LogP contribution in [-0.4, -0.2) is 23.2 Å². The van der Waals surface area contributed by atoms with Gasteiger partial charge in [0.05, 0.1) is 0 Å². The Bertz CT molecular complexity index is 49.8. The molecular weight excluding hydrogens is 100 g/mol. The summed E-state index contributed by atoms with van der Waals surface area (Å²) in [6.07, 6.45) is 0. The Hall–Kier alpha value is 0.115. The Morgan fingerprint density at radius 2 is 2.12 bits per heavy atom. The highest BCUT2D eigenvalue weighted by molar-refractivity contribution is 6.42. The number of rotatable bonds is 4. The van der Waals surface area contributed by atoms with Crippen molar-refractivity contribution in [1.29, 1.82) is 0 Å². The van der Waals surface area contributed by atoms with Crippen molar-refractivity contribution in [2.24, 2.45) is 0 Å². The standard InChI is InChI=1S/C3H11B3O2/c1-3(2)5-8-6-7-4/h3,5-6H,4H2,1-2H3. The number of hydrogen-bond acceptors (Lipinski definition) is 2. The van der Waals surface area contributed by atoms with Gasteiger partial charge >= 0.3 is 7.69 Å². The average Bonchev–Trinajstić information content (AvgIpc) is 1.66. The number of hydrogen-bond donors (Lipinski definition) is 0. The topological polar surface area (TPSA) is 18.5 Å². The average molecular weight is 112 g/mol. The molecule has 0 aromatic rings. The molecule has 0 radical (unpaired) electrons. The van der Waals surface area contributed by atoms with Crippen molar-refractivity contribution in [3.63, 3.8) is 0 Å². The molecule has 0 saturated heterocycles. The SMILES string of the molecule is BOBOBC(C)C. The first-order valence-electron chi connectivity index (χ1n) is 2.84. The van der Waals surface area contributed by atoms with Crippen molar-refractivity contribution >= 4 is 23.2 Å². The molecule has 0 aromatic carbocycles. The fourth-order valence-electron chi connectivity index (χ4n) is 0.367. The van der Waals surface area contributed by atoms with Crippen LogP contribution >= 0.6 is 0 Å². The summed E-state index contributed by atoms with van der Waals surface area (Å²) < 4.78 is 9.69. The van der Waals surface area contributed by atoms with E-state index in [0.717, 1.165) is 7.48 Å². The molecule has 0 spiro atoms. The first kappa shape index (κ1) is 8.11. The van der Waals surface area contributed by atoms with Crippen LogP contribution in [0.1, 0.15) is 13.8 Å². The Labute approximate surface area is 53.0 Å². The normalized spacial score (nSPS) is 9.38. The van der Waals surface area contributed by atoms with Crippen molar-refractivity contribution in [3.05, 3.63) is 0 Å². The highest BCUT2D eigenvalue weighted by atomic mass is 16.5. The highest BCUT2D eigenvalue weighted by Crippen LogP contribution is 1.95. The maximum absolute atomic E-state index is 5.02. The molecule has 0 rings (SSSR count). The van der Waals surface area contributed by atoms with Gasteiger partial charge in [-0.2, -0.15) is 0 Å². The molecule has 0 unspecified atom stereocenters. The fraction of sp³-hybridized carbons (Fsp3) is 1.00. The van der Waals surface area contributed by atoms with Crippen LogP contribution in [0, 0.1) is 0 Å². The Balaban J connectivity index is 2.72. The Kier molecular flexibility index (Phi) is 5.33. The van der Waals surface area contributed by atoms with Gasteiger partial charge in [-0.15, -0.1) is 0 Å². The zero-order valence-corrected chi connectivity index (χ0v) is 5.81. The van der Waals surface area contributed by atoms with Crippen LogP contribution in [-0.2, 0) is 9.14 Å². The lowest BCUT2D eigenvalue weighted by Crippen LogP contribution is -2.08. The summed E-state index contributed by atoms with van der Waals surface area (Å²) in [6, 6.07) is 0. The largest absolute Gasteiger partial charge is 0.484 e. The molecule has 0 fully saturated rings. The second kappa shape index (κ2) is 5.26. The van der Waals surface area contributed by atoms with E-state index < -0.39 is 0 Å². The lowest BCUT2D eigenvalue weighted by molar-refractivity contribution is 0.496. The van der Waals surface area contributed by atoms with Crippen molar-refractivity contribution in [1.82, 2.24) is 0 Å². The fourth-order valence-corrected chi connectivity index (χ4v) is 0.367. The summed E-state index contributed by atoms with van der Waals surface area (Å²) in [5, 5.41) is 0. The van der Waals surface area contributed by atoms with Crippen LogP contribution in [0.5, 0.6) is 0 Å². The molecule has 44 valence electrons. The summed E-state index contributed by atoms with van der Waals surface area (Å²) in [7, 11) is 2.83. The van der Waals surface area contributed by atoms with Crippen molar-refractivity contribution < 1.29 is 9.14 Å². The molecule has 8 heavy (non-hydrogen) atoms. The Morgan fingerprint density at radius 3 is 2.50 bits per heavy atom. The lowest BCUT2D eigenvalue weighted by atomic mass is 9.82. The van der Waals surface area contributed by atoms with E-state index in [4.69, 9.17) is 4.57 Å². The molecule has 0 amide bonds. The van der Waals surface area contributed by atoms with Gasteiger partial charge in [-0.05, 0) is 5.82 Å². The van der Waals surface area contributed by atoms with E-state index in [1.54, 1.807) is 8.05 Å². The molecule has 0 aromatic heterocycles. The smallest absolute Gasteiger partial charge is 0.406 e. The van der Waals surface area contributed by atoms with Crippen molar-refractivity contribution in [3.8, 4) is 0 Å². The predicted octanol–water partition coefficient (Wildman–Crippen LogP) is -0.986. The van der Waals surface area contributed by atoms with Crippen molar-refractivity contribution in [2.75, 3.05) is 0 Å². The van der Waals surface area contributed by atoms with Gasteiger partial charge in [0.2, 0.25) is 8.05 Å². The van der Waals surface area contributed by atoms with E-state index in [1.807, 2.05) is 0 Å². The van der Waals surface area contributed by atoms with E-state index in [1.165, 1.54) is 0 Å². The molecule has 0 atom stereocenters. The second-order valence-corrected chi connectivity index (χ2v) is 2.17. The van der Waals surface area contributed by atoms with Crippen LogP contribution in [0.4, 0.5) is 0 Å². The first-order valence-corrected chi connectivity index (χ1v) is 2.84. The van der Waals surface area contributed by atoms with Gasteiger partial charge in [0.1, 0.15) is 0 Å². The van der Waals surface area contributed by atoms with E-state index >= 15 is 0 Å². The van der Waals surface area contributed by atoms with Gasteiger partial charge in [0.15, 0.2) is 0 Å². The van der Waals surface area contributed by atoms with Gasteiger partial charge in [-0.1, -0.05) is 13.8 Å². The van der Waals surface area contributed by atoms with Crippen LogP contribution < -0.4 is 0 Å². The molecule has 0 saturated carbocycles. The third-order valence-corrected chi connectivity index (χ3v) is 0.652. The van der Waals surface area contributed by atoms with E-state index in [-0.39, 0.29) is 0 Å². The van der Waals surface area contributed by atoms with E-state index in [2.05, 4.69) is 18.4 Å². The van der Waals surface area contributed by atoms with Gasteiger partial charge in [-0.25, -0.2) is 0 Å². The van der Waals surface area contributed by atoms with Gasteiger partial charge in [0, 0.05) is 0 Å². The minimum Gasteiger partial charge on any atom is -0.484 e. The molecule has 0 aliphatic heterocycles. The van der Waals surface area contributed by atoms with Gasteiger partial charge in [-0.3, -0.25) is 0 Å². The zero-order chi connectivity index (χ0) is 6.41. The maximum atomic E-state index is 5.02. The quantitative estimate of drug-likeness (QED) is 0.343. The second-order valence-electron chi connectivity index (χ2n) is 2.17. The molecular formula is C3H11B3O2. The van der Waals surface area contributed by atoms with Crippen LogP contribution in [0.25, 0.3) is 0 Å². The summed E-state index contributed by atoms with van der Waals surface area (Å²) in [4.78, 5) is 0. The lowest BCUT2D eigenvalue weighted by Gasteiger charge is -2.00. The summed E-state index contributed by atoms with van der Waals surface area (Å²) in [6.45, 7) is 4.21. The summed E-state index contributed by atoms with van der Waals surface area (Å²) in [5.74, 6) is 0.602. The van der Waals surface area contributed by atoms with Gasteiger partial charge < -0.3 is 9.14 Å². The zero-order valence-electron chi connectivity index (χ0n) is 5.81. The van der Waals surface area contributed by atoms with Crippen LogP contribution in [0.3, 0.4) is 0 Å². The maximum Gasteiger partial charge on any atom is 0.406 e. The molecule has 0 aliphatic carbocycles. The third kappa shape index (κ3) is 6.11. The molecule has 0 aliphatic rings. The predicted molar refractivity (Wildman–Crippen MR) is 40.1 cm³/mol. The summed E-state index contributed by atoms with van der Waals surface area (Å²) >= 11 is 0. The van der Waals surface area contributed by atoms with Crippen molar-refractivity contribution in [2.45, 2.75) is 19.7 Å². The van der Waals surface area contributed by atoms with Gasteiger partial charge in [0.25, 0.3) is 7.48 Å². The Morgan fingerprint density at radius 1 is 1.50 bits per heavy atom. The molecule has 0 N–H and O–H groups in total.